The number of carbonyl (C=O) groups is 2. The molecule has 0 unspecified atom stereocenters. The molecule has 0 bridgehead atoms. The van der Waals surface area contributed by atoms with Crippen molar-refractivity contribution in [1.29, 1.82) is 0 Å². The van der Waals surface area contributed by atoms with E-state index in [2.05, 4.69) is 0 Å². The molecule has 0 aliphatic carbocycles. The molecule has 1 saturated heterocycles. The molecule has 142 valence electrons. The van der Waals surface area contributed by atoms with Gasteiger partial charge in [-0.3, -0.25) is 0 Å². The summed E-state index contributed by atoms with van der Waals surface area (Å²) in [6.45, 7) is 0.836. The van der Waals surface area contributed by atoms with Crippen molar-refractivity contribution in [1.82, 2.24) is 0 Å². The fourth-order valence-electron chi connectivity index (χ4n) is 2.59. The van der Waals surface area contributed by atoms with E-state index >= 15 is 0 Å². The number of nitrogens with zero attached hydrogens (tertiary/aromatic N) is 1. The lowest BCUT2D eigenvalue weighted by Crippen LogP contribution is -2.39. The van der Waals surface area contributed by atoms with E-state index in [0.717, 1.165) is 0 Å². The summed E-state index contributed by atoms with van der Waals surface area (Å²) in [7, 11) is 2.39. The molecule has 0 aromatic heterocycles. The average Bonchev–Trinajstić information content (AvgIpc) is 2.87. The molecule has 3 rings (SSSR count). The van der Waals surface area contributed by atoms with Gasteiger partial charge in [0.2, 0.25) is 0 Å². The van der Waals surface area contributed by atoms with Gasteiger partial charge < -0.3 is 23.8 Å². The van der Waals surface area contributed by atoms with Crippen molar-refractivity contribution in [2.24, 2.45) is 0 Å². The fraction of sp³-hybridized carbons (Fsp3) is 0.263. The van der Waals surface area contributed by atoms with Crippen molar-refractivity contribution < 1.29 is 32.9 Å². The quantitative estimate of drug-likeness (QED) is 0.730. The van der Waals surface area contributed by atoms with E-state index in [-0.39, 0.29) is 23.1 Å². The van der Waals surface area contributed by atoms with Crippen LogP contribution in [-0.4, -0.2) is 45.5 Å². The van der Waals surface area contributed by atoms with E-state index in [4.69, 9.17) is 18.9 Å². The van der Waals surface area contributed by atoms with Crippen molar-refractivity contribution in [3.63, 3.8) is 0 Å². The highest BCUT2D eigenvalue weighted by Gasteiger charge is 2.30. The van der Waals surface area contributed by atoms with E-state index in [1.807, 2.05) is 0 Å². The Morgan fingerprint density at radius 2 is 1.89 bits per heavy atom. The molecule has 8 heteroatoms. The van der Waals surface area contributed by atoms with Gasteiger partial charge in [-0.2, -0.15) is 0 Å². The number of carbonyl (C=O) groups excluding carboxylic acids is 2. The highest BCUT2D eigenvalue weighted by Crippen LogP contribution is 2.35. The van der Waals surface area contributed by atoms with Gasteiger partial charge in [-0.25, -0.2) is 14.0 Å². The van der Waals surface area contributed by atoms with Gasteiger partial charge in [0.1, 0.15) is 23.4 Å². The van der Waals surface area contributed by atoms with Crippen LogP contribution in [0.15, 0.2) is 53.9 Å². The van der Waals surface area contributed by atoms with Gasteiger partial charge in [-0.15, -0.1) is 0 Å². The molecular formula is C19H18FNO6. The summed E-state index contributed by atoms with van der Waals surface area (Å²) >= 11 is 0. The summed E-state index contributed by atoms with van der Waals surface area (Å²) in [5.74, 6) is -1.71. The van der Waals surface area contributed by atoms with Crippen LogP contribution in [0.25, 0.3) is 0 Å². The Balaban J connectivity index is 2.13. The molecule has 0 spiro atoms. The maximum atomic E-state index is 14.0. The molecule has 1 aromatic carbocycles. The Morgan fingerprint density at radius 3 is 2.52 bits per heavy atom. The predicted octanol–water partition coefficient (Wildman–Crippen LogP) is 2.09. The third kappa shape index (κ3) is 3.85. The number of benzene rings is 1. The minimum absolute atomic E-state index is 0.0310. The van der Waals surface area contributed by atoms with E-state index in [0.29, 0.717) is 19.0 Å². The second-order valence-electron chi connectivity index (χ2n) is 5.71. The first-order valence-corrected chi connectivity index (χ1v) is 8.14. The number of anilines is 1. The van der Waals surface area contributed by atoms with Crippen LogP contribution in [0, 0.1) is 5.82 Å². The Labute approximate surface area is 155 Å². The van der Waals surface area contributed by atoms with Crippen LogP contribution in [0.2, 0.25) is 0 Å². The maximum absolute atomic E-state index is 14.0. The van der Waals surface area contributed by atoms with E-state index < -0.39 is 17.8 Å². The highest BCUT2D eigenvalue weighted by atomic mass is 19.1. The van der Waals surface area contributed by atoms with Crippen LogP contribution >= 0.6 is 0 Å². The third-order valence-electron chi connectivity index (χ3n) is 3.97. The third-order valence-corrected chi connectivity index (χ3v) is 3.97. The van der Waals surface area contributed by atoms with Crippen molar-refractivity contribution in [3.8, 4) is 5.75 Å². The number of rotatable bonds is 5. The first kappa shape index (κ1) is 18.7. The number of hydrogen-bond donors (Lipinski definition) is 0. The Hall–Kier alpha value is -3.13. The second-order valence-corrected chi connectivity index (χ2v) is 5.71. The number of halogens is 1. The summed E-state index contributed by atoms with van der Waals surface area (Å²) in [6, 6.07) is 3.92. The van der Waals surface area contributed by atoms with Crippen LogP contribution in [0.3, 0.4) is 0 Å². The SMILES string of the molecule is COC(=O)C1=C(C(=O)OC)N(c2cc(F)ccc2OC2COC2)C=CC=C1. The number of methoxy groups -OCH3 is 2. The summed E-state index contributed by atoms with van der Waals surface area (Å²) in [5, 5.41) is 0. The maximum Gasteiger partial charge on any atom is 0.355 e. The van der Waals surface area contributed by atoms with Crippen molar-refractivity contribution >= 4 is 17.6 Å². The van der Waals surface area contributed by atoms with Gasteiger partial charge in [-0.1, -0.05) is 6.08 Å². The zero-order valence-electron chi connectivity index (χ0n) is 14.8. The van der Waals surface area contributed by atoms with Gasteiger partial charge in [0.25, 0.3) is 0 Å². The van der Waals surface area contributed by atoms with E-state index in [1.165, 1.54) is 49.6 Å². The van der Waals surface area contributed by atoms with Crippen LogP contribution < -0.4 is 9.64 Å². The monoisotopic (exact) mass is 375 g/mol. The molecule has 2 heterocycles. The predicted molar refractivity (Wildman–Crippen MR) is 93.5 cm³/mol. The topological polar surface area (TPSA) is 74.3 Å². The molecule has 2 aliphatic rings. The van der Waals surface area contributed by atoms with Gasteiger partial charge in [0.15, 0.2) is 0 Å². The van der Waals surface area contributed by atoms with E-state index in [9.17, 15) is 14.0 Å². The lowest BCUT2D eigenvalue weighted by atomic mass is 10.1. The molecule has 0 saturated carbocycles. The largest absolute Gasteiger partial charge is 0.483 e. The van der Waals surface area contributed by atoms with Crippen LogP contribution in [0.1, 0.15) is 0 Å². The van der Waals surface area contributed by atoms with Crippen LogP contribution in [0.4, 0.5) is 10.1 Å². The molecule has 7 nitrogen and oxygen atoms in total. The zero-order chi connectivity index (χ0) is 19.4. The highest BCUT2D eigenvalue weighted by molar-refractivity contribution is 6.05. The Morgan fingerprint density at radius 1 is 1.15 bits per heavy atom. The molecule has 1 fully saturated rings. The lowest BCUT2D eigenvalue weighted by Gasteiger charge is -2.30. The normalized spacial score (nSPS) is 16.6. The van der Waals surface area contributed by atoms with Gasteiger partial charge in [-0.05, 0) is 24.3 Å². The van der Waals surface area contributed by atoms with Crippen molar-refractivity contribution in [3.05, 3.63) is 59.7 Å². The summed E-state index contributed by atoms with van der Waals surface area (Å²) in [4.78, 5) is 26.0. The average molecular weight is 375 g/mol. The van der Waals surface area contributed by atoms with Crippen molar-refractivity contribution in [2.45, 2.75) is 6.10 Å². The van der Waals surface area contributed by atoms with E-state index in [1.54, 1.807) is 12.2 Å². The first-order valence-electron chi connectivity index (χ1n) is 8.14. The molecule has 2 aliphatic heterocycles. The molecular weight excluding hydrogens is 357 g/mol. The molecule has 0 amide bonds. The summed E-state index contributed by atoms with van der Waals surface area (Å²) in [5.41, 5.74) is 0.0925. The van der Waals surface area contributed by atoms with Crippen LogP contribution in [-0.2, 0) is 23.8 Å². The molecule has 0 atom stereocenters. The summed E-state index contributed by atoms with van der Waals surface area (Å²) < 4.78 is 34.5. The van der Waals surface area contributed by atoms with Gasteiger partial charge in [0, 0.05) is 12.3 Å². The molecule has 27 heavy (non-hydrogen) atoms. The number of allylic oxidation sites excluding steroid dienone is 2. The van der Waals surface area contributed by atoms with Crippen LogP contribution in [0.5, 0.6) is 5.75 Å². The smallest absolute Gasteiger partial charge is 0.355 e. The fourth-order valence-corrected chi connectivity index (χ4v) is 2.59. The number of esters is 2. The minimum atomic E-state index is -0.784. The molecule has 1 aromatic rings. The summed E-state index contributed by atoms with van der Waals surface area (Å²) in [6.07, 6.45) is 5.93. The second kappa shape index (κ2) is 8.05. The first-order chi connectivity index (χ1) is 13.0. The Kier molecular flexibility index (Phi) is 5.56. The standard InChI is InChI=1S/C19H18FNO6/c1-24-18(22)14-5-3-4-8-21(17(14)19(23)25-2)15-9-12(20)6-7-16(15)27-13-10-26-11-13/h3-9,13H,10-11H2,1-2H3. The zero-order valence-corrected chi connectivity index (χ0v) is 14.8. The number of hydrogen-bond acceptors (Lipinski definition) is 7. The number of ether oxygens (including phenoxy) is 4. The van der Waals surface area contributed by atoms with Crippen molar-refractivity contribution in [2.75, 3.05) is 32.3 Å². The Bertz CT molecular complexity index is 841. The molecule has 0 N–H and O–H groups in total. The minimum Gasteiger partial charge on any atom is -0.483 e. The lowest BCUT2D eigenvalue weighted by molar-refractivity contribution is -0.139. The molecule has 0 radical (unpaired) electrons. The van der Waals surface area contributed by atoms with Gasteiger partial charge in [0.05, 0.1) is 38.7 Å². The van der Waals surface area contributed by atoms with Gasteiger partial charge >= 0.3 is 11.9 Å².